The molecule has 1 aliphatic carbocycles. The number of hydrogen-bond acceptors (Lipinski definition) is 4. The molecule has 22 heavy (non-hydrogen) atoms. The van der Waals surface area contributed by atoms with Crippen molar-refractivity contribution in [2.75, 3.05) is 0 Å². The summed E-state index contributed by atoms with van der Waals surface area (Å²) in [6.07, 6.45) is 1.70. The highest BCUT2D eigenvalue weighted by Gasteiger charge is 2.37. The Morgan fingerprint density at radius 1 is 1.55 bits per heavy atom. The maximum atomic E-state index is 11.4. The van der Waals surface area contributed by atoms with Gasteiger partial charge >= 0.3 is 5.97 Å². The van der Waals surface area contributed by atoms with Crippen molar-refractivity contribution in [3.63, 3.8) is 0 Å². The van der Waals surface area contributed by atoms with Gasteiger partial charge in [0.1, 0.15) is 0 Å². The van der Waals surface area contributed by atoms with Gasteiger partial charge in [0.05, 0.1) is 24.3 Å². The molecule has 0 fully saturated rings. The molecule has 0 aromatic heterocycles. The van der Waals surface area contributed by atoms with Gasteiger partial charge in [0, 0.05) is 18.9 Å². The molecule has 6 N–H and O–H groups in total. The molecule has 0 aromatic rings. The molecule has 0 radical (unpaired) electrons. The van der Waals surface area contributed by atoms with Crippen LogP contribution in [0.4, 0.5) is 0 Å². The van der Waals surface area contributed by atoms with Crippen molar-refractivity contribution < 1.29 is 19.4 Å². The van der Waals surface area contributed by atoms with Crippen molar-refractivity contribution in [3.05, 3.63) is 11.6 Å². The number of nitrogens with one attached hydrogen (secondary N) is 1. The second kappa shape index (κ2) is 7.79. The lowest BCUT2D eigenvalue weighted by Crippen LogP contribution is -2.53. The number of hydrogen-bond donors (Lipinski definition) is 4. The molecule has 0 aromatic carbocycles. The number of carboxylic acids is 1. The first kappa shape index (κ1) is 18.0. The largest absolute Gasteiger partial charge is 0.478 e. The predicted molar refractivity (Wildman–Crippen MR) is 82.2 cm³/mol. The zero-order valence-corrected chi connectivity index (χ0v) is 13.1. The minimum atomic E-state index is -1.05. The zero-order valence-electron chi connectivity index (χ0n) is 13.1. The number of aliphatic carboxylic acids is 1. The molecule has 0 aliphatic heterocycles. The number of nitrogens with two attached hydrogens (primary N) is 2. The molecule has 0 unspecified atom stereocenters. The summed E-state index contributed by atoms with van der Waals surface area (Å²) in [5.74, 6) is -1.46. The first-order valence-electron chi connectivity index (χ1n) is 7.19. The van der Waals surface area contributed by atoms with Crippen LogP contribution in [0.5, 0.6) is 0 Å². The van der Waals surface area contributed by atoms with Crippen LogP contribution >= 0.6 is 0 Å². The van der Waals surface area contributed by atoms with Crippen molar-refractivity contribution in [1.82, 2.24) is 5.32 Å². The number of amides is 1. The van der Waals surface area contributed by atoms with E-state index in [0.717, 1.165) is 6.42 Å². The van der Waals surface area contributed by atoms with E-state index >= 15 is 0 Å². The van der Waals surface area contributed by atoms with Gasteiger partial charge in [-0.1, -0.05) is 6.92 Å². The molecule has 0 bridgehead atoms. The first-order valence-corrected chi connectivity index (χ1v) is 7.19. The molecule has 0 saturated heterocycles. The molecular formula is C14H24N4O4. The fourth-order valence-corrected chi connectivity index (χ4v) is 2.32. The Hall–Kier alpha value is -2.09. The van der Waals surface area contributed by atoms with E-state index in [9.17, 15) is 14.7 Å². The van der Waals surface area contributed by atoms with Crippen LogP contribution in [-0.4, -0.2) is 47.2 Å². The van der Waals surface area contributed by atoms with Crippen LogP contribution in [0, 0.1) is 0 Å². The topological polar surface area (TPSA) is 140 Å². The van der Waals surface area contributed by atoms with Gasteiger partial charge in [-0.3, -0.25) is 4.79 Å². The molecule has 124 valence electrons. The van der Waals surface area contributed by atoms with Crippen LogP contribution in [-0.2, 0) is 14.3 Å². The molecule has 8 heteroatoms. The fourth-order valence-electron chi connectivity index (χ4n) is 2.32. The molecule has 8 nitrogen and oxygen atoms in total. The average Bonchev–Trinajstić information content (AvgIpc) is 2.40. The van der Waals surface area contributed by atoms with Crippen LogP contribution in [0.1, 0.15) is 33.6 Å². The van der Waals surface area contributed by atoms with Gasteiger partial charge in [-0.05, 0) is 19.4 Å². The standard InChI is InChI=1S/C14H24N4O4/c1-4-7(2)22-11-6-9(13(20)21)5-10(18-14(15)16)12(11)17-8(3)19/h6-7,10-12H,4-5H2,1-3H3,(H,17,19)(H,20,21)(H4,15,16,18)/t7-,10+,11-,12-/m1/s1. The van der Waals surface area contributed by atoms with E-state index in [1.165, 1.54) is 13.0 Å². The van der Waals surface area contributed by atoms with Gasteiger partial charge in [0.15, 0.2) is 5.96 Å². The van der Waals surface area contributed by atoms with Crippen LogP contribution in [0.15, 0.2) is 16.6 Å². The van der Waals surface area contributed by atoms with Crippen molar-refractivity contribution in [3.8, 4) is 0 Å². The average molecular weight is 312 g/mol. The lowest BCUT2D eigenvalue weighted by molar-refractivity contribution is -0.133. The van der Waals surface area contributed by atoms with Gasteiger partial charge in [0.25, 0.3) is 0 Å². The summed E-state index contributed by atoms with van der Waals surface area (Å²) < 4.78 is 5.84. The second-order valence-corrected chi connectivity index (χ2v) is 5.37. The number of nitrogens with zero attached hydrogens (tertiary/aromatic N) is 1. The molecule has 1 rings (SSSR count). The molecule has 0 heterocycles. The van der Waals surface area contributed by atoms with E-state index in [1.807, 2.05) is 13.8 Å². The van der Waals surface area contributed by atoms with E-state index in [4.69, 9.17) is 16.2 Å². The van der Waals surface area contributed by atoms with E-state index < -0.39 is 24.2 Å². The number of rotatable bonds is 6. The molecular weight excluding hydrogens is 288 g/mol. The molecule has 4 atom stereocenters. The van der Waals surface area contributed by atoms with Crippen molar-refractivity contribution in [1.29, 1.82) is 0 Å². The first-order chi connectivity index (χ1) is 10.2. The third kappa shape index (κ3) is 5.03. The number of carboxylic acid groups (broad SMARTS) is 1. The summed E-state index contributed by atoms with van der Waals surface area (Å²) in [6, 6.07) is -1.10. The number of guanidine groups is 1. The zero-order chi connectivity index (χ0) is 16.9. The minimum Gasteiger partial charge on any atom is -0.478 e. The highest BCUT2D eigenvalue weighted by atomic mass is 16.5. The Balaban J connectivity index is 3.16. The van der Waals surface area contributed by atoms with Gasteiger partial charge in [-0.2, -0.15) is 0 Å². The summed E-state index contributed by atoms with van der Waals surface area (Å²) in [5, 5.41) is 12.0. The third-order valence-electron chi connectivity index (χ3n) is 3.49. The van der Waals surface area contributed by atoms with E-state index in [-0.39, 0.29) is 30.0 Å². The fraction of sp³-hybridized carbons (Fsp3) is 0.643. The maximum absolute atomic E-state index is 11.4. The van der Waals surface area contributed by atoms with Gasteiger partial charge < -0.3 is 26.6 Å². The van der Waals surface area contributed by atoms with Gasteiger partial charge in [-0.25, -0.2) is 9.79 Å². The number of ether oxygens (including phenoxy) is 1. The number of carbonyl (C=O) groups is 2. The quantitative estimate of drug-likeness (QED) is 0.393. The summed E-state index contributed by atoms with van der Waals surface area (Å²) in [5.41, 5.74) is 11.0. The summed E-state index contributed by atoms with van der Waals surface area (Å²) >= 11 is 0. The Morgan fingerprint density at radius 3 is 2.64 bits per heavy atom. The third-order valence-corrected chi connectivity index (χ3v) is 3.49. The molecule has 0 saturated carbocycles. The van der Waals surface area contributed by atoms with E-state index in [2.05, 4.69) is 10.3 Å². The maximum Gasteiger partial charge on any atom is 0.331 e. The predicted octanol–water partition coefficient (Wildman–Crippen LogP) is -0.268. The Labute approximate surface area is 129 Å². The van der Waals surface area contributed by atoms with Crippen LogP contribution in [0.2, 0.25) is 0 Å². The summed E-state index contributed by atoms with van der Waals surface area (Å²) in [7, 11) is 0. The molecule has 1 amide bonds. The normalized spacial score (nSPS) is 25.8. The lowest BCUT2D eigenvalue weighted by Gasteiger charge is -2.35. The number of aliphatic imine (C=N–C) groups is 1. The van der Waals surface area contributed by atoms with Gasteiger partial charge in [0.2, 0.25) is 5.91 Å². The van der Waals surface area contributed by atoms with Crippen molar-refractivity contribution in [2.45, 2.75) is 57.9 Å². The van der Waals surface area contributed by atoms with Crippen LogP contribution in [0.3, 0.4) is 0 Å². The molecule has 0 spiro atoms. The summed E-state index contributed by atoms with van der Waals surface area (Å²) in [6.45, 7) is 5.21. The lowest BCUT2D eigenvalue weighted by atomic mass is 9.88. The second-order valence-electron chi connectivity index (χ2n) is 5.37. The van der Waals surface area contributed by atoms with Gasteiger partial charge in [-0.15, -0.1) is 0 Å². The highest BCUT2D eigenvalue weighted by Crippen LogP contribution is 2.25. The SMILES string of the molecule is CC[C@@H](C)O[C@@H]1C=C(C(=O)O)C[C@H](N=C(N)N)[C@H]1NC(C)=O. The highest BCUT2D eigenvalue weighted by molar-refractivity contribution is 5.87. The summed E-state index contributed by atoms with van der Waals surface area (Å²) in [4.78, 5) is 26.8. The van der Waals surface area contributed by atoms with Crippen molar-refractivity contribution >= 4 is 17.8 Å². The van der Waals surface area contributed by atoms with E-state index in [0.29, 0.717) is 0 Å². The van der Waals surface area contributed by atoms with E-state index in [1.54, 1.807) is 0 Å². The smallest absolute Gasteiger partial charge is 0.331 e. The van der Waals surface area contributed by atoms with Crippen LogP contribution < -0.4 is 16.8 Å². The number of carbonyl (C=O) groups excluding carboxylic acids is 1. The Kier molecular flexibility index (Phi) is 6.36. The van der Waals surface area contributed by atoms with Crippen molar-refractivity contribution in [2.24, 2.45) is 16.5 Å². The minimum absolute atomic E-state index is 0.0921. The van der Waals surface area contributed by atoms with Crippen LogP contribution in [0.25, 0.3) is 0 Å². The Morgan fingerprint density at radius 2 is 2.18 bits per heavy atom. The Bertz CT molecular complexity index is 485. The molecule has 1 aliphatic rings. The monoisotopic (exact) mass is 312 g/mol.